The lowest BCUT2D eigenvalue weighted by molar-refractivity contribution is 0.0652. The van der Waals surface area contributed by atoms with Crippen molar-refractivity contribution in [2.45, 2.75) is 13.3 Å². The zero-order valence-electron chi connectivity index (χ0n) is 6.42. The van der Waals surface area contributed by atoms with E-state index in [1.165, 1.54) is 0 Å². The van der Waals surface area contributed by atoms with Gasteiger partial charge in [0.1, 0.15) is 0 Å². The smallest absolute Gasteiger partial charge is 0.0697 e. The molecule has 3 heteroatoms. The number of aliphatic hydroxyl groups excluding tert-OH is 2. The molecular formula is C7H16O3. The maximum atomic E-state index is 8.49. The van der Waals surface area contributed by atoms with Crippen molar-refractivity contribution >= 4 is 0 Å². The third-order valence-corrected chi connectivity index (χ3v) is 1.26. The van der Waals surface area contributed by atoms with Gasteiger partial charge in [-0.25, -0.2) is 0 Å². The summed E-state index contributed by atoms with van der Waals surface area (Å²) in [5.41, 5.74) is 0. The Balaban J connectivity index is 2.97. The zero-order valence-corrected chi connectivity index (χ0v) is 6.42. The molecule has 0 rings (SSSR count). The minimum atomic E-state index is 0.0752. The fourth-order valence-electron chi connectivity index (χ4n) is 0.653. The molecular weight excluding hydrogens is 132 g/mol. The molecule has 0 heterocycles. The van der Waals surface area contributed by atoms with E-state index in [0.29, 0.717) is 19.1 Å². The van der Waals surface area contributed by atoms with Crippen molar-refractivity contribution in [2.75, 3.05) is 26.4 Å². The molecule has 0 radical (unpaired) electrons. The molecule has 0 bridgehead atoms. The van der Waals surface area contributed by atoms with Crippen molar-refractivity contribution in [3.63, 3.8) is 0 Å². The highest BCUT2D eigenvalue weighted by molar-refractivity contribution is 4.48. The molecule has 1 atom stereocenters. The molecule has 0 aliphatic heterocycles. The van der Waals surface area contributed by atoms with E-state index >= 15 is 0 Å². The monoisotopic (exact) mass is 148 g/mol. The van der Waals surface area contributed by atoms with Crippen LogP contribution < -0.4 is 0 Å². The van der Waals surface area contributed by atoms with E-state index in [1.807, 2.05) is 6.92 Å². The minimum Gasteiger partial charge on any atom is -0.396 e. The van der Waals surface area contributed by atoms with Gasteiger partial charge in [-0.05, 0) is 12.3 Å². The fourth-order valence-corrected chi connectivity index (χ4v) is 0.653. The number of hydrogen-bond donors (Lipinski definition) is 2. The van der Waals surface area contributed by atoms with Gasteiger partial charge in [0.15, 0.2) is 0 Å². The summed E-state index contributed by atoms with van der Waals surface area (Å²) in [6.07, 6.45) is 0.769. The van der Waals surface area contributed by atoms with Crippen LogP contribution in [0.2, 0.25) is 0 Å². The van der Waals surface area contributed by atoms with Gasteiger partial charge in [-0.2, -0.15) is 0 Å². The van der Waals surface area contributed by atoms with E-state index in [-0.39, 0.29) is 13.2 Å². The van der Waals surface area contributed by atoms with E-state index in [1.54, 1.807) is 0 Å². The van der Waals surface area contributed by atoms with Crippen LogP contribution >= 0.6 is 0 Å². The summed E-state index contributed by atoms with van der Waals surface area (Å²) < 4.78 is 5.04. The van der Waals surface area contributed by atoms with Gasteiger partial charge < -0.3 is 14.9 Å². The van der Waals surface area contributed by atoms with Crippen LogP contribution in [0.4, 0.5) is 0 Å². The van der Waals surface area contributed by atoms with Crippen molar-refractivity contribution in [2.24, 2.45) is 5.92 Å². The first kappa shape index (κ1) is 9.88. The van der Waals surface area contributed by atoms with Crippen molar-refractivity contribution in [1.82, 2.24) is 0 Å². The maximum absolute atomic E-state index is 8.49. The Bertz CT molecular complexity index is 65.9. The molecule has 0 aliphatic rings. The van der Waals surface area contributed by atoms with Crippen molar-refractivity contribution in [1.29, 1.82) is 0 Å². The molecule has 10 heavy (non-hydrogen) atoms. The van der Waals surface area contributed by atoms with Gasteiger partial charge in [0, 0.05) is 13.2 Å². The van der Waals surface area contributed by atoms with Gasteiger partial charge in [0.05, 0.1) is 13.2 Å². The zero-order chi connectivity index (χ0) is 7.82. The van der Waals surface area contributed by atoms with Gasteiger partial charge in [-0.1, -0.05) is 6.92 Å². The Labute approximate surface area is 61.6 Å². The van der Waals surface area contributed by atoms with E-state index < -0.39 is 0 Å². The molecule has 0 spiro atoms. The molecule has 0 aromatic carbocycles. The van der Waals surface area contributed by atoms with E-state index in [9.17, 15) is 0 Å². The van der Waals surface area contributed by atoms with Crippen molar-refractivity contribution in [3.05, 3.63) is 0 Å². The minimum absolute atomic E-state index is 0.0752. The third kappa shape index (κ3) is 6.01. The highest BCUT2D eigenvalue weighted by atomic mass is 16.5. The van der Waals surface area contributed by atoms with Gasteiger partial charge in [-0.3, -0.25) is 0 Å². The van der Waals surface area contributed by atoms with Crippen LogP contribution in [-0.4, -0.2) is 36.6 Å². The fraction of sp³-hybridized carbons (Fsp3) is 1.00. The summed E-state index contributed by atoms with van der Waals surface area (Å²) in [5, 5.41) is 16.8. The number of rotatable bonds is 6. The summed E-state index contributed by atoms with van der Waals surface area (Å²) in [6.45, 7) is 3.32. The van der Waals surface area contributed by atoms with Crippen LogP contribution in [0.15, 0.2) is 0 Å². The summed E-state index contributed by atoms with van der Waals surface area (Å²) >= 11 is 0. The topological polar surface area (TPSA) is 49.7 Å². The average Bonchev–Trinajstić information content (AvgIpc) is 1.89. The summed E-state index contributed by atoms with van der Waals surface area (Å²) in [4.78, 5) is 0. The largest absolute Gasteiger partial charge is 0.396 e. The second-order valence-electron chi connectivity index (χ2n) is 2.42. The Morgan fingerprint density at radius 3 is 2.50 bits per heavy atom. The summed E-state index contributed by atoms with van der Waals surface area (Å²) in [6, 6.07) is 0. The Morgan fingerprint density at radius 2 is 2.00 bits per heavy atom. The SMILES string of the molecule is CC(CCO)COCCO. The van der Waals surface area contributed by atoms with E-state index in [4.69, 9.17) is 14.9 Å². The highest BCUT2D eigenvalue weighted by Gasteiger charge is 1.99. The first-order chi connectivity index (χ1) is 4.81. The molecule has 0 saturated carbocycles. The molecule has 62 valence electrons. The molecule has 0 aromatic rings. The lowest BCUT2D eigenvalue weighted by Crippen LogP contribution is -2.09. The van der Waals surface area contributed by atoms with Crippen LogP contribution in [0.1, 0.15) is 13.3 Å². The lowest BCUT2D eigenvalue weighted by Gasteiger charge is -2.08. The molecule has 0 fully saturated rings. The predicted molar refractivity (Wildman–Crippen MR) is 38.8 cm³/mol. The average molecular weight is 148 g/mol. The third-order valence-electron chi connectivity index (χ3n) is 1.26. The van der Waals surface area contributed by atoms with Gasteiger partial charge >= 0.3 is 0 Å². The normalized spacial score (nSPS) is 13.5. The highest BCUT2D eigenvalue weighted by Crippen LogP contribution is 1.99. The van der Waals surface area contributed by atoms with Crippen LogP contribution in [0.5, 0.6) is 0 Å². The van der Waals surface area contributed by atoms with E-state index in [2.05, 4.69) is 0 Å². The standard InChI is InChI=1S/C7H16O3/c1-7(2-3-8)6-10-5-4-9/h7-9H,2-6H2,1H3. The second kappa shape index (κ2) is 6.99. The van der Waals surface area contributed by atoms with Crippen LogP contribution in [0.25, 0.3) is 0 Å². The number of hydrogen-bond acceptors (Lipinski definition) is 3. The quantitative estimate of drug-likeness (QED) is 0.522. The molecule has 0 amide bonds. The van der Waals surface area contributed by atoms with Gasteiger partial charge in [0.25, 0.3) is 0 Å². The van der Waals surface area contributed by atoms with Gasteiger partial charge in [-0.15, -0.1) is 0 Å². The second-order valence-corrected chi connectivity index (χ2v) is 2.42. The predicted octanol–water partition coefficient (Wildman–Crippen LogP) is 0.0138. The van der Waals surface area contributed by atoms with Crippen LogP contribution in [-0.2, 0) is 4.74 Å². The van der Waals surface area contributed by atoms with Crippen LogP contribution in [0.3, 0.4) is 0 Å². The Hall–Kier alpha value is -0.120. The molecule has 3 nitrogen and oxygen atoms in total. The number of ether oxygens (including phenoxy) is 1. The van der Waals surface area contributed by atoms with E-state index in [0.717, 1.165) is 6.42 Å². The first-order valence-electron chi connectivity index (χ1n) is 3.60. The summed E-state index contributed by atoms with van der Waals surface area (Å²) in [7, 11) is 0. The number of aliphatic hydroxyl groups is 2. The van der Waals surface area contributed by atoms with Gasteiger partial charge in [0.2, 0.25) is 0 Å². The van der Waals surface area contributed by atoms with Crippen molar-refractivity contribution in [3.8, 4) is 0 Å². The Morgan fingerprint density at radius 1 is 1.30 bits per heavy atom. The molecule has 0 saturated heterocycles. The lowest BCUT2D eigenvalue weighted by atomic mass is 10.1. The maximum Gasteiger partial charge on any atom is 0.0697 e. The Kier molecular flexibility index (Phi) is 6.91. The molecule has 0 aromatic heterocycles. The molecule has 1 unspecified atom stereocenters. The molecule has 0 aliphatic carbocycles. The van der Waals surface area contributed by atoms with Crippen LogP contribution in [0, 0.1) is 5.92 Å². The molecule has 2 N–H and O–H groups in total. The van der Waals surface area contributed by atoms with Crippen molar-refractivity contribution < 1.29 is 14.9 Å². The first-order valence-corrected chi connectivity index (χ1v) is 3.60. The summed E-state index contributed by atoms with van der Waals surface area (Å²) in [5.74, 6) is 0.386.